The van der Waals surface area contributed by atoms with Gasteiger partial charge in [-0.15, -0.1) is 0 Å². The third-order valence-electron chi connectivity index (χ3n) is 1.84. The second kappa shape index (κ2) is 3.92. The van der Waals surface area contributed by atoms with Crippen LogP contribution in [0.3, 0.4) is 0 Å². The maximum atomic E-state index is 12.9. The Morgan fingerprint density at radius 1 is 1.27 bits per heavy atom. The van der Waals surface area contributed by atoms with E-state index in [1.54, 1.807) is 0 Å². The zero-order valence-electron chi connectivity index (χ0n) is 8.11. The van der Waals surface area contributed by atoms with Crippen LogP contribution >= 0.6 is 0 Å². The van der Waals surface area contributed by atoms with Gasteiger partial charge >= 0.3 is 0 Å². The normalized spacial score (nSPS) is 10.9. The van der Waals surface area contributed by atoms with Crippen LogP contribution in [0.1, 0.15) is 11.1 Å². The van der Waals surface area contributed by atoms with Crippen LogP contribution in [0.2, 0.25) is 0 Å². The molecule has 1 aromatic carbocycles. The van der Waals surface area contributed by atoms with Gasteiger partial charge in [-0.3, -0.25) is 0 Å². The minimum absolute atomic E-state index is 0.146. The Bertz CT molecular complexity index is 521. The van der Waals surface area contributed by atoms with Crippen LogP contribution in [0.15, 0.2) is 21.4 Å². The Balaban J connectivity index is 3.59. The molecule has 0 spiro atoms. The van der Waals surface area contributed by atoms with E-state index in [0.717, 1.165) is 18.2 Å². The number of halogens is 1. The lowest BCUT2D eigenvalue weighted by atomic mass is 10.1. The van der Waals surface area contributed by atoms with Crippen molar-refractivity contribution >= 4 is 16.1 Å². The van der Waals surface area contributed by atoms with Crippen molar-refractivity contribution in [1.29, 1.82) is 0 Å². The molecule has 0 radical (unpaired) electrons. The number of benzene rings is 1. The second-order valence-electron chi connectivity index (χ2n) is 3.03. The lowest BCUT2D eigenvalue weighted by Crippen LogP contribution is -2.03. The zero-order valence-corrected chi connectivity index (χ0v) is 8.93. The Hall–Kier alpha value is -1.52. The molecule has 0 aromatic heterocycles. The van der Waals surface area contributed by atoms with E-state index in [4.69, 9.17) is 0 Å². The maximum Gasteiger partial charge on any atom is 0.293 e. The highest BCUT2D eigenvalue weighted by Crippen LogP contribution is 2.22. The lowest BCUT2D eigenvalue weighted by molar-refractivity contribution is 0.563. The van der Waals surface area contributed by atoms with Gasteiger partial charge in [-0.25, -0.2) is 9.18 Å². The van der Waals surface area contributed by atoms with Gasteiger partial charge in [0.05, 0.1) is 4.90 Å². The zero-order chi connectivity index (χ0) is 11.6. The molecule has 0 unspecified atom stereocenters. The van der Waals surface area contributed by atoms with Crippen molar-refractivity contribution in [2.45, 2.75) is 18.7 Å². The van der Waals surface area contributed by atoms with Crippen molar-refractivity contribution in [2.75, 3.05) is 0 Å². The molecule has 80 valence electrons. The van der Waals surface area contributed by atoms with Gasteiger partial charge < -0.3 is 0 Å². The van der Waals surface area contributed by atoms with Crippen molar-refractivity contribution in [1.82, 2.24) is 0 Å². The predicted octanol–water partition coefficient (Wildman–Crippen LogP) is 1.47. The van der Waals surface area contributed by atoms with E-state index in [1.165, 1.54) is 13.8 Å². The molecule has 0 aliphatic carbocycles. The molecule has 0 saturated carbocycles. The number of nitrogens with zero attached hydrogens (tertiary/aromatic N) is 1. The van der Waals surface area contributed by atoms with E-state index < -0.39 is 15.8 Å². The van der Waals surface area contributed by atoms with E-state index in [1.807, 2.05) is 0 Å². The fourth-order valence-electron chi connectivity index (χ4n) is 1.40. The summed E-state index contributed by atoms with van der Waals surface area (Å²) in [6.45, 7) is 2.87. The minimum Gasteiger partial charge on any atom is -0.210 e. The van der Waals surface area contributed by atoms with Crippen LogP contribution in [-0.4, -0.2) is 14.5 Å². The monoisotopic (exact) mass is 229 g/mol. The number of sulfonamides is 1. The van der Waals surface area contributed by atoms with E-state index in [2.05, 4.69) is 4.40 Å². The number of carbonyl (C=O) groups excluding carboxylic acids is 1. The first-order chi connectivity index (χ1) is 6.88. The largest absolute Gasteiger partial charge is 0.293 e. The van der Waals surface area contributed by atoms with E-state index in [-0.39, 0.29) is 16.0 Å². The van der Waals surface area contributed by atoms with Gasteiger partial charge in [0.15, 0.2) is 0 Å². The topological polar surface area (TPSA) is 63.6 Å². The second-order valence-corrected chi connectivity index (χ2v) is 4.57. The summed E-state index contributed by atoms with van der Waals surface area (Å²) in [5.41, 5.74) is 0.429. The first kappa shape index (κ1) is 11.6. The molecular formula is C9H8FNO3S. The number of hydrogen-bond acceptors (Lipinski definition) is 3. The van der Waals surface area contributed by atoms with Crippen molar-refractivity contribution in [3.05, 3.63) is 29.1 Å². The summed E-state index contributed by atoms with van der Waals surface area (Å²) in [5.74, 6) is -0.529. The molecule has 6 heteroatoms. The summed E-state index contributed by atoms with van der Waals surface area (Å²) in [5, 5.41) is 0. The van der Waals surface area contributed by atoms with Gasteiger partial charge in [0.1, 0.15) is 5.82 Å². The Morgan fingerprint density at radius 3 is 2.13 bits per heavy atom. The van der Waals surface area contributed by atoms with Crippen molar-refractivity contribution in [3.8, 4) is 0 Å². The molecule has 15 heavy (non-hydrogen) atoms. The molecule has 0 saturated heterocycles. The molecule has 4 nitrogen and oxygen atoms in total. The molecule has 0 atom stereocenters. The molecular weight excluding hydrogens is 221 g/mol. The predicted molar refractivity (Wildman–Crippen MR) is 51.2 cm³/mol. The van der Waals surface area contributed by atoms with Crippen molar-refractivity contribution in [2.24, 2.45) is 4.40 Å². The smallest absolute Gasteiger partial charge is 0.210 e. The number of isocyanates is 1. The third-order valence-corrected chi connectivity index (χ3v) is 3.32. The molecule has 0 aliphatic heterocycles. The summed E-state index contributed by atoms with van der Waals surface area (Å²) in [6, 6.07) is 2.14. The fraction of sp³-hybridized carbons (Fsp3) is 0.222. The standard InChI is InChI=1S/C9H8FNO3S/c1-6-3-8(10)4-7(2)9(6)15(13,14)11-5-12/h3-4H,1-2H3. The van der Waals surface area contributed by atoms with Gasteiger partial charge in [0, 0.05) is 0 Å². The van der Waals surface area contributed by atoms with Gasteiger partial charge in [0.25, 0.3) is 16.1 Å². The summed E-state index contributed by atoms with van der Waals surface area (Å²) in [6.07, 6.45) is 0.969. The molecule has 0 heterocycles. The molecule has 0 fully saturated rings. The Labute approximate surface area is 86.5 Å². The molecule has 0 bridgehead atoms. The molecule has 1 rings (SSSR count). The average Bonchev–Trinajstić information content (AvgIpc) is 1.99. The SMILES string of the molecule is Cc1cc(F)cc(C)c1S(=O)(=O)N=C=O. The van der Waals surface area contributed by atoms with E-state index in [9.17, 15) is 17.6 Å². The van der Waals surface area contributed by atoms with Crippen LogP contribution in [0.25, 0.3) is 0 Å². The highest BCUT2D eigenvalue weighted by atomic mass is 32.2. The first-order valence-corrected chi connectivity index (χ1v) is 5.43. The summed E-state index contributed by atoms with van der Waals surface area (Å²) >= 11 is 0. The van der Waals surface area contributed by atoms with Gasteiger partial charge in [-0.1, -0.05) is 4.40 Å². The highest BCUT2D eigenvalue weighted by molar-refractivity contribution is 7.90. The summed E-state index contributed by atoms with van der Waals surface area (Å²) < 4.78 is 38.5. The van der Waals surface area contributed by atoms with Crippen LogP contribution < -0.4 is 0 Å². The first-order valence-electron chi connectivity index (χ1n) is 3.99. The van der Waals surface area contributed by atoms with Crippen molar-refractivity contribution in [3.63, 3.8) is 0 Å². The quantitative estimate of drug-likeness (QED) is 0.569. The van der Waals surface area contributed by atoms with E-state index >= 15 is 0 Å². The molecule has 0 aliphatic rings. The fourth-order valence-corrected chi connectivity index (χ4v) is 2.52. The summed E-state index contributed by atoms with van der Waals surface area (Å²) in [7, 11) is -4.05. The van der Waals surface area contributed by atoms with Gasteiger partial charge in [-0.05, 0) is 37.1 Å². The molecule has 0 N–H and O–H groups in total. The third kappa shape index (κ3) is 2.29. The number of aryl methyl sites for hydroxylation is 2. The highest BCUT2D eigenvalue weighted by Gasteiger charge is 2.19. The minimum atomic E-state index is -4.05. The number of hydrogen-bond donors (Lipinski definition) is 0. The van der Waals surface area contributed by atoms with Crippen LogP contribution in [0, 0.1) is 19.7 Å². The van der Waals surface area contributed by atoms with Crippen LogP contribution in [-0.2, 0) is 14.8 Å². The number of rotatable bonds is 2. The molecule has 1 aromatic rings. The average molecular weight is 229 g/mol. The van der Waals surface area contributed by atoms with Gasteiger partial charge in [-0.2, -0.15) is 8.42 Å². The lowest BCUT2D eigenvalue weighted by Gasteiger charge is -2.06. The van der Waals surface area contributed by atoms with Crippen LogP contribution in [0.4, 0.5) is 4.39 Å². The van der Waals surface area contributed by atoms with Crippen LogP contribution in [0.5, 0.6) is 0 Å². The van der Waals surface area contributed by atoms with Crippen molar-refractivity contribution < 1.29 is 17.6 Å². The summed E-state index contributed by atoms with van der Waals surface area (Å²) in [4.78, 5) is 9.79. The Kier molecular flexibility index (Phi) is 3.02. The van der Waals surface area contributed by atoms with E-state index in [0.29, 0.717) is 0 Å². The molecule has 0 amide bonds. The Morgan fingerprint density at radius 2 is 1.73 bits per heavy atom. The maximum absolute atomic E-state index is 12.9. The van der Waals surface area contributed by atoms with Gasteiger partial charge in [0.2, 0.25) is 0 Å².